The minimum absolute atomic E-state index is 0.619. The van der Waals surface area contributed by atoms with Crippen molar-refractivity contribution in [2.24, 2.45) is 0 Å². The molecule has 0 aromatic heterocycles. The fourth-order valence-electron chi connectivity index (χ4n) is 2.25. The van der Waals surface area contributed by atoms with Gasteiger partial charge in [0.05, 0.1) is 0 Å². The highest BCUT2D eigenvalue weighted by Gasteiger charge is 1.99. The van der Waals surface area contributed by atoms with Crippen LogP contribution in [0.25, 0.3) is 0 Å². The minimum atomic E-state index is 0.619. The van der Waals surface area contributed by atoms with E-state index < -0.39 is 0 Å². The van der Waals surface area contributed by atoms with Crippen LogP contribution in [0.2, 0.25) is 0 Å². The monoisotopic (exact) mass is 283 g/mol. The quantitative estimate of drug-likeness (QED) is 0.722. The molecule has 2 aromatic carbocycles. The molecule has 0 bridgehead atoms. The van der Waals surface area contributed by atoms with Gasteiger partial charge in [-0.3, -0.25) is 0 Å². The Kier molecular flexibility index (Phi) is 6.29. The summed E-state index contributed by atoms with van der Waals surface area (Å²) in [4.78, 5) is 0. The smallest absolute Gasteiger partial charge is 0.120 e. The maximum atomic E-state index is 5.89. The highest BCUT2D eigenvalue weighted by molar-refractivity contribution is 5.29. The number of rotatable bonds is 8. The summed E-state index contributed by atoms with van der Waals surface area (Å²) in [7, 11) is 0. The van der Waals surface area contributed by atoms with Gasteiger partial charge in [-0.15, -0.1) is 0 Å². The van der Waals surface area contributed by atoms with Gasteiger partial charge in [0.2, 0.25) is 0 Å². The number of benzene rings is 2. The van der Waals surface area contributed by atoms with Gasteiger partial charge >= 0.3 is 0 Å². The molecule has 1 N–H and O–H groups in total. The lowest BCUT2D eigenvalue weighted by molar-refractivity contribution is 0.306. The zero-order valence-electron chi connectivity index (χ0n) is 13.1. The predicted octanol–water partition coefficient (Wildman–Crippen LogP) is 4.46. The van der Waals surface area contributed by atoms with Gasteiger partial charge in [-0.25, -0.2) is 0 Å². The standard InChI is InChI=1S/C19H25NO/c1-3-4-11-20-14-17-8-6-10-19(13-17)21-15-18-9-5-7-16(2)12-18/h5-10,12-13,20H,3-4,11,14-15H2,1-2H3. The van der Waals surface area contributed by atoms with E-state index in [2.05, 4.69) is 61.6 Å². The van der Waals surface area contributed by atoms with Gasteiger partial charge in [0.25, 0.3) is 0 Å². The van der Waals surface area contributed by atoms with Crippen LogP contribution in [0.5, 0.6) is 5.75 Å². The van der Waals surface area contributed by atoms with Crippen LogP contribution in [0.15, 0.2) is 48.5 Å². The fraction of sp³-hybridized carbons (Fsp3) is 0.368. The van der Waals surface area contributed by atoms with E-state index in [0.29, 0.717) is 6.61 Å². The van der Waals surface area contributed by atoms with Crippen molar-refractivity contribution in [3.05, 3.63) is 65.2 Å². The Balaban J connectivity index is 1.86. The highest BCUT2D eigenvalue weighted by atomic mass is 16.5. The van der Waals surface area contributed by atoms with Gasteiger partial charge in [-0.1, -0.05) is 55.3 Å². The number of nitrogens with one attached hydrogen (secondary N) is 1. The van der Waals surface area contributed by atoms with Gasteiger partial charge < -0.3 is 10.1 Å². The Bertz CT molecular complexity index is 551. The third-order valence-electron chi connectivity index (χ3n) is 3.42. The van der Waals surface area contributed by atoms with E-state index >= 15 is 0 Å². The van der Waals surface area contributed by atoms with E-state index in [1.54, 1.807) is 0 Å². The van der Waals surface area contributed by atoms with Crippen LogP contribution in [-0.2, 0) is 13.2 Å². The fourth-order valence-corrected chi connectivity index (χ4v) is 2.25. The van der Waals surface area contributed by atoms with Crippen molar-refractivity contribution in [3.8, 4) is 5.75 Å². The molecule has 0 atom stereocenters. The van der Waals surface area contributed by atoms with Crippen molar-refractivity contribution >= 4 is 0 Å². The Hall–Kier alpha value is -1.80. The molecule has 112 valence electrons. The molecule has 2 rings (SSSR count). The molecule has 0 aliphatic heterocycles. The maximum absolute atomic E-state index is 5.89. The Morgan fingerprint density at radius 1 is 1.00 bits per heavy atom. The molecule has 0 saturated heterocycles. The van der Waals surface area contributed by atoms with Crippen LogP contribution in [0.3, 0.4) is 0 Å². The average molecular weight is 283 g/mol. The largest absolute Gasteiger partial charge is 0.489 e. The zero-order chi connectivity index (χ0) is 14.9. The molecular formula is C19H25NO. The van der Waals surface area contributed by atoms with E-state index in [-0.39, 0.29) is 0 Å². The van der Waals surface area contributed by atoms with Crippen LogP contribution in [-0.4, -0.2) is 6.54 Å². The normalized spacial score (nSPS) is 10.6. The number of hydrogen-bond donors (Lipinski definition) is 1. The second-order valence-electron chi connectivity index (χ2n) is 5.46. The highest BCUT2D eigenvalue weighted by Crippen LogP contribution is 2.15. The summed E-state index contributed by atoms with van der Waals surface area (Å²) < 4.78 is 5.89. The molecule has 0 aliphatic carbocycles. The number of aryl methyl sites for hydroxylation is 1. The molecule has 2 heteroatoms. The van der Waals surface area contributed by atoms with E-state index in [1.807, 2.05) is 6.07 Å². The van der Waals surface area contributed by atoms with Crippen LogP contribution in [0.1, 0.15) is 36.5 Å². The molecule has 0 saturated carbocycles. The van der Waals surface area contributed by atoms with E-state index in [1.165, 1.54) is 29.5 Å². The molecule has 0 aliphatic rings. The van der Waals surface area contributed by atoms with Crippen molar-refractivity contribution in [3.63, 3.8) is 0 Å². The zero-order valence-corrected chi connectivity index (χ0v) is 13.1. The maximum Gasteiger partial charge on any atom is 0.120 e. The van der Waals surface area contributed by atoms with Crippen LogP contribution in [0, 0.1) is 6.92 Å². The second-order valence-corrected chi connectivity index (χ2v) is 5.46. The van der Waals surface area contributed by atoms with Crippen LogP contribution in [0.4, 0.5) is 0 Å². The second kappa shape index (κ2) is 8.48. The van der Waals surface area contributed by atoms with Crippen molar-refractivity contribution < 1.29 is 4.74 Å². The molecule has 0 unspecified atom stereocenters. The molecular weight excluding hydrogens is 258 g/mol. The Morgan fingerprint density at radius 3 is 2.62 bits per heavy atom. The van der Waals surface area contributed by atoms with Gasteiger partial charge in [0, 0.05) is 6.54 Å². The average Bonchev–Trinajstić information content (AvgIpc) is 2.50. The Labute approximate surface area is 128 Å². The third kappa shape index (κ3) is 5.60. The molecule has 0 spiro atoms. The molecule has 0 fully saturated rings. The lowest BCUT2D eigenvalue weighted by Gasteiger charge is -2.09. The first-order chi connectivity index (χ1) is 10.3. The number of unbranched alkanes of at least 4 members (excludes halogenated alkanes) is 1. The van der Waals surface area contributed by atoms with E-state index in [9.17, 15) is 0 Å². The van der Waals surface area contributed by atoms with E-state index in [4.69, 9.17) is 4.74 Å². The number of hydrogen-bond acceptors (Lipinski definition) is 2. The summed E-state index contributed by atoms with van der Waals surface area (Å²) >= 11 is 0. The summed E-state index contributed by atoms with van der Waals surface area (Å²) in [6, 6.07) is 16.8. The summed E-state index contributed by atoms with van der Waals surface area (Å²) in [5.41, 5.74) is 3.75. The van der Waals surface area contributed by atoms with Gasteiger partial charge in [-0.2, -0.15) is 0 Å². The Morgan fingerprint density at radius 2 is 1.81 bits per heavy atom. The third-order valence-corrected chi connectivity index (χ3v) is 3.42. The topological polar surface area (TPSA) is 21.3 Å². The molecule has 0 amide bonds. The number of ether oxygens (including phenoxy) is 1. The first kappa shape index (κ1) is 15.6. The molecule has 21 heavy (non-hydrogen) atoms. The summed E-state index contributed by atoms with van der Waals surface area (Å²) in [5, 5.41) is 3.46. The van der Waals surface area contributed by atoms with Crippen LogP contribution < -0.4 is 10.1 Å². The molecule has 2 nitrogen and oxygen atoms in total. The SMILES string of the molecule is CCCCNCc1cccc(OCc2cccc(C)c2)c1. The first-order valence-electron chi connectivity index (χ1n) is 7.76. The minimum Gasteiger partial charge on any atom is -0.489 e. The van der Waals surface area contributed by atoms with Gasteiger partial charge in [0.15, 0.2) is 0 Å². The van der Waals surface area contributed by atoms with Crippen molar-refractivity contribution in [1.82, 2.24) is 5.32 Å². The van der Waals surface area contributed by atoms with E-state index in [0.717, 1.165) is 18.8 Å². The first-order valence-corrected chi connectivity index (χ1v) is 7.76. The molecule has 0 radical (unpaired) electrons. The van der Waals surface area contributed by atoms with Crippen LogP contribution >= 0.6 is 0 Å². The lowest BCUT2D eigenvalue weighted by Crippen LogP contribution is -2.14. The summed E-state index contributed by atoms with van der Waals surface area (Å²) in [6.45, 7) is 6.91. The van der Waals surface area contributed by atoms with Crippen molar-refractivity contribution in [2.75, 3.05) is 6.54 Å². The summed E-state index contributed by atoms with van der Waals surface area (Å²) in [5.74, 6) is 0.936. The predicted molar refractivity (Wildman–Crippen MR) is 88.6 cm³/mol. The van der Waals surface area contributed by atoms with Gasteiger partial charge in [0.1, 0.15) is 12.4 Å². The molecule has 0 heterocycles. The van der Waals surface area contributed by atoms with Crippen molar-refractivity contribution in [1.29, 1.82) is 0 Å². The molecule has 2 aromatic rings. The van der Waals surface area contributed by atoms with Crippen molar-refractivity contribution in [2.45, 2.75) is 39.8 Å². The lowest BCUT2D eigenvalue weighted by atomic mass is 10.1. The van der Waals surface area contributed by atoms with Gasteiger partial charge in [-0.05, 0) is 43.1 Å². The summed E-state index contributed by atoms with van der Waals surface area (Å²) in [6.07, 6.45) is 2.45.